The maximum absolute atomic E-state index is 12.3. The van der Waals surface area contributed by atoms with Crippen LogP contribution in [0, 0.1) is 6.92 Å². The fourth-order valence-electron chi connectivity index (χ4n) is 4.12. The van der Waals surface area contributed by atoms with Crippen LogP contribution in [0.2, 0.25) is 0 Å². The molecular weight excluding hydrogens is 416 g/mol. The number of nitrogens with zero attached hydrogens (tertiary/aromatic N) is 4. The smallest absolute Gasteiger partial charge is 0.319 e. The lowest BCUT2D eigenvalue weighted by Crippen LogP contribution is -2.45. The summed E-state index contributed by atoms with van der Waals surface area (Å²) < 4.78 is 7.68. The third-order valence-electron chi connectivity index (χ3n) is 5.68. The number of morpholine rings is 1. The lowest BCUT2D eigenvalue weighted by molar-refractivity contribution is -0.00545. The molecule has 0 spiro atoms. The highest BCUT2D eigenvalue weighted by Gasteiger charge is 2.23. The number of anilines is 2. The van der Waals surface area contributed by atoms with E-state index in [4.69, 9.17) is 4.74 Å². The van der Waals surface area contributed by atoms with Crippen LogP contribution in [0.15, 0.2) is 54.9 Å². The van der Waals surface area contributed by atoms with Crippen LogP contribution >= 0.6 is 0 Å². The second kappa shape index (κ2) is 10.5. The zero-order chi connectivity index (χ0) is 23.2. The number of rotatable bonds is 7. The number of carbonyl (C=O) groups excluding carboxylic acids is 1. The number of urea groups is 1. The first kappa shape index (κ1) is 22.8. The molecule has 33 heavy (non-hydrogen) atoms. The number of aromatic nitrogens is 3. The summed E-state index contributed by atoms with van der Waals surface area (Å²) in [5.41, 5.74) is 3.92. The highest BCUT2D eigenvalue weighted by molar-refractivity contribution is 5.89. The number of ether oxygens (including phenoxy) is 1. The van der Waals surface area contributed by atoms with Gasteiger partial charge >= 0.3 is 6.03 Å². The second-order valence-corrected chi connectivity index (χ2v) is 8.57. The Morgan fingerprint density at radius 2 is 1.88 bits per heavy atom. The van der Waals surface area contributed by atoms with Crippen LogP contribution in [0.3, 0.4) is 0 Å². The Morgan fingerprint density at radius 1 is 1.12 bits per heavy atom. The van der Waals surface area contributed by atoms with Crippen LogP contribution < -0.4 is 15.5 Å². The number of carbonyl (C=O) groups is 1. The highest BCUT2D eigenvalue weighted by Crippen LogP contribution is 2.19. The van der Waals surface area contributed by atoms with Gasteiger partial charge in [-0.1, -0.05) is 18.2 Å². The van der Waals surface area contributed by atoms with E-state index in [0.29, 0.717) is 12.2 Å². The molecule has 4 rings (SSSR count). The van der Waals surface area contributed by atoms with Crippen molar-refractivity contribution >= 4 is 17.5 Å². The maximum Gasteiger partial charge on any atom is 0.319 e. The quantitative estimate of drug-likeness (QED) is 0.535. The number of aryl methyl sites for hydroxylation is 2. The molecule has 3 aromatic rings. The SMILES string of the molecule is Cc1nn(-c2ccccc2)cc1CCCNC(=O)Nc1ccc(N2CC(C)OC(C)C2)nc1. The summed E-state index contributed by atoms with van der Waals surface area (Å²) in [6.45, 7) is 8.36. The summed E-state index contributed by atoms with van der Waals surface area (Å²) >= 11 is 0. The van der Waals surface area contributed by atoms with E-state index in [1.165, 1.54) is 5.56 Å². The molecule has 3 heterocycles. The molecule has 0 aliphatic carbocycles. The van der Waals surface area contributed by atoms with Crippen molar-refractivity contribution in [3.63, 3.8) is 0 Å². The van der Waals surface area contributed by atoms with Gasteiger partial charge in [-0.15, -0.1) is 0 Å². The summed E-state index contributed by atoms with van der Waals surface area (Å²) in [5.74, 6) is 0.898. The van der Waals surface area contributed by atoms with Crippen LogP contribution in [0.1, 0.15) is 31.5 Å². The molecule has 2 unspecified atom stereocenters. The summed E-state index contributed by atoms with van der Waals surface area (Å²) in [5, 5.41) is 10.4. The number of benzene rings is 1. The van der Waals surface area contributed by atoms with E-state index in [-0.39, 0.29) is 18.2 Å². The highest BCUT2D eigenvalue weighted by atomic mass is 16.5. The molecule has 8 nitrogen and oxygen atoms in total. The van der Waals surface area contributed by atoms with Gasteiger partial charge in [-0.25, -0.2) is 14.5 Å². The molecule has 1 saturated heterocycles. The van der Waals surface area contributed by atoms with Crippen LogP contribution in [0.25, 0.3) is 5.69 Å². The largest absolute Gasteiger partial charge is 0.372 e. The van der Waals surface area contributed by atoms with Gasteiger partial charge < -0.3 is 20.3 Å². The van der Waals surface area contributed by atoms with Gasteiger partial charge in [0.05, 0.1) is 35.5 Å². The normalized spacial score (nSPS) is 18.2. The van der Waals surface area contributed by atoms with Gasteiger partial charge in [0, 0.05) is 25.8 Å². The Morgan fingerprint density at radius 3 is 2.58 bits per heavy atom. The molecule has 1 fully saturated rings. The molecule has 2 atom stereocenters. The summed E-state index contributed by atoms with van der Waals surface area (Å²) in [6, 6.07) is 13.7. The number of nitrogens with one attached hydrogen (secondary N) is 2. The third-order valence-corrected chi connectivity index (χ3v) is 5.68. The number of amides is 2. The minimum absolute atomic E-state index is 0.176. The standard InChI is InChI=1S/C25H32N6O2/c1-18-15-30(16-19(2)33-18)24-12-11-22(14-27-24)28-25(32)26-13-7-8-21-17-31(29-20(21)3)23-9-5-4-6-10-23/h4-6,9-12,14,17-19H,7-8,13,15-16H2,1-3H3,(H2,26,28,32). The molecule has 0 saturated carbocycles. The topological polar surface area (TPSA) is 84.3 Å². The van der Waals surface area contributed by atoms with Crippen molar-refractivity contribution in [2.45, 2.75) is 45.8 Å². The molecule has 1 aliphatic rings. The van der Waals surface area contributed by atoms with Crippen LogP contribution in [-0.2, 0) is 11.2 Å². The number of para-hydroxylation sites is 1. The van der Waals surface area contributed by atoms with Gasteiger partial charge in [-0.3, -0.25) is 0 Å². The Balaban J connectivity index is 1.21. The van der Waals surface area contributed by atoms with Gasteiger partial charge in [0.2, 0.25) is 0 Å². The third kappa shape index (κ3) is 6.10. The number of pyridine rings is 1. The van der Waals surface area contributed by atoms with Crippen LogP contribution in [0.5, 0.6) is 0 Å². The predicted molar refractivity (Wildman–Crippen MR) is 130 cm³/mol. The first-order chi connectivity index (χ1) is 16.0. The fraction of sp³-hybridized carbons (Fsp3) is 0.400. The minimum Gasteiger partial charge on any atom is -0.372 e. The van der Waals surface area contributed by atoms with Crippen molar-refractivity contribution in [1.82, 2.24) is 20.1 Å². The van der Waals surface area contributed by atoms with E-state index in [9.17, 15) is 4.79 Å². The fourth-order valence-corrected chi connectivity index (χ4v) is 4.12. The number of hydrogen-bond donors (Lipinski definition) is 2. The molecule has 8 heteroatoms. The molecule has 1 aliphatic heterocycles. The van der Waals surface area contributed by atoms with Gasteiger partial charge in [0.1, 0.15) is 5.82 Å². The monoisotopic (exact) mass is 448 g/mol. The Labute approximate surface area is 195 Å². The predicted octanol–water partition coefficient (Wildman–Crippen LogP) is 3.94. The van der Waals surface area contributed by atoms with Gasteiger partial charge in [0.15, 0.2) is 0 Å². The zero-order valence-corrected chi connectivity index (χ0v) is 19.5. The van der Waals surface area contributed by atoms with E-state index in [0.717, 1.165) is 43.1 Å². The van der Waals surface area contributed by atoms with E-state index >= 15 is 0 Å². The van der Waals surface area contributed by atoms with Gasteiger partial charge in [0.25, 0.3) is 0 Å². The minimum atomic E-state index is -0.227. The van der Waals surface area contributed by atoms with E-state index in [1.807, 2.05) is 54.1 Å². The van der Waals surface area contributed by atoms with Crippen molar-refractivity contribution < 1.29 is 9.53 Å². The molecule has 0 radical (unpaired) electrons. The molecule has 2 amide bonds. The van der Waals surface area contributed by atoms with Crippen molar-refractivity contribution in [1.29, 1.82) is 0 Å². The molecule has 0 bridgehead atoms. The Bertz CT molecular complexity index is 1040. The summed E-state index contributed by atoms with van der Waals surface area (Å²) in [4.78, 5) is 19.0. The maximum atomic E-state index is 12.3. The lowest BCUT2D eigenvalue weighted by Gasteiger charge is -2.36. The van der Waals surface area contributed by atoms with E-state index < -0.39 is 0 Å². The van der Waals surface area contributed by atoms with Crippen molar-refractivity contribution in [2.75, 3.05) is 29.9 Å². The molecule has 174 valence electrons. The first-order valence-electron chi connectivity index (χ1n) is 11.5. The van der Waals surface area contributed by atoms with E-state index in [1.54, 1.807) is 6.20 Å². The molecule has 2 N–H and O–H groups in total. The molecule has 2 aromatic heterocycles. The van der Waals surface area contributed by atoms with Crippen molar-refractivity contribution in [2.24, 2.45) is 0 Å². The van der Waals surface area contributed by atoms with Crippen molar-refractivity contribution in [3.05, 3.63) is 66.1 Å². The Kier molecular flexibility index (Phi) is 7.24. The van der Waals surface area contributed by atoms with Gasteiger partial charge in [-0.2, -0.15) is 5.10 Å². The summed E-state index contributed by atoms with van der Waals surface area (Å²) in [7, 11) is 0. The molecular formula is C25H32N6O2. The average Bonchev–Trinajstić information content (AvgIpc) is 3.17. The Hall–Kier alpha value is -3.39. The van der Waals surface area contributed by atoms with E-state index in [2.05, 4.69) is 45.7 Å². The second-order valence-electron chi connectivity index (χ2n) is 8.57. The lowest BCUT2D eigenvalue weighted by atomic mass is 10.1. The number of hydrogen-bond acceptors (Lipinski definition) is 5. The van der Waals surface area contributed by atoms with Crippen molar-refractivity contribution in [3.8, 4) is 5.69 Å². The van der Waals surface area contributed by atoms with Crippen LogP contribution in [0.4, 0.5) is 16.3 Å². The first-order valence-corrected chi connectivity index (χ1v) is 11.5. The van der Waals surface area contributed by atoms with Crippen LogP contribution in [-0.4, -0.2) is 52.6 Å². The zero-order valence-electron chi connectivity index (χ0n) is 19.5. The summed E-state index contributed by atoms with van der Waals surface area (Å²) in [6.07, 6.45) is 5.80. The molecule has 1 aromatic carbocycles. The van der Waals surface area contributed by atoms with Gasteiger partial charge in [-0.05, 0) is 63.4 Å². The average molecular weight is 449 g/mol.